The van der Waals surface area contributed by atoms with Crippen LogP contribution < -0.4 is 5.32 Å². The van der Waals surface area contributed by atoms with E-state index in [1.807, 2.05) is 35.1 Å². The molecule has 1 unspecified atom stereocenters. The second-order valence-corrected chi connectivity index (χ2v) is 6.35. The van der Waals surface area contributed by atoms with Gasteiger partial charge in [-0.3, -0.25) is 9.20 Å². The molecule has 1 amide bonds. The van der Waals surface area contributed by atoms with E-state index >= 15 is 0 Å². The smallest absolute Gasteiger partial charge is 0.265 e. The highest BCUT2D eigenvalue weighted by Gasteiger charge is 2.21. The summed E-state index contributed by atoms with van der Waals surface area (Å²) in [5.74, 6) is 1.46. The number of carbonyl (C=O) groups excluding carboxylic acids is 1. The van der Waals surface area contributed by atoms with Crippen LogP contribution in [0.4, 0.5) is 0 Å². The van der Waals surface area contributed by atoms with Crippen molar-refractivity contribution in [2.24, 2.45) is 0 Å². The number of nitrogens with zero attached hydrogens (tertiary/aromatic N) is 5. The second-order valence-electron chi connectivity index (χ2n) is 4.58. The third kappa shape index (κ3) is 3.09. The maximum Gasteiger partial charge on any atom is 0.265 e. The highest BCUT2D eigenvalue weighted by molar-refractivity contribution is 7.98. The molecule has 0 aliphatic rings. The topological polar surface area (TPSA) is 85.1 Å². The molecule has 0 saturated carbocycles. The van der Waals surface area contributed by atoms with Gasteiger partial charge in [0.05, 0.1) is 12.2 Å². The molecule has 3 aromatic heterocycles. The van der Waals surface area contributed by atoms with E-state index < -0.39 is 0 Å². The van der Waals surface area contributed by atoms with Crippen LogP contribution in [0.25, 0.3) is 5.65 Å². The van der Waals surface area contributed by atoms with Gasteiger partial charge >= 0.3 is 0 Å². The normalized spacial score (nSPS) is 12.4. The Morgan fingerprint density at radius 1 is 1.45 bits per heavy atom. The van der Waals surface area contributed by atoms with Gasteiger partial charge < -0.3 is 5.32 Å². The lowest BCUT2D eigenvalue weighted by Crippen LogP contribution is -2.30. The highest BCUT2D eigenvalue weighted by Crippen LogP contribution is 2.19. The van der Waals surface area contributed by atoms with E-state index in [1.54, 1.807) is 11.8 Å². The number of hydrogen-bond donors (Lipinski definition) is 1. The number of aromatic nitrogens is 5. The number of amides is 1. The molecular formula is C13H14N6OS2. The number of pyridine rings is 1. The predicted molar refractivity (Wildman–Crippen MR) is 86.1 cm³/mol. The Morgan fingerprint density at radius 3 is 3.14 bits per heavy atom. The van der Waals surface area contributed by atoms with E-state index in [1.165, 1.54) is 6.20 Å². The minimum absolute atomic E-state index is 0.186. The first-order valence-electron chi connectivity index (χ1n) is 6.66. The molecule has 0 bridgehead atoms. The summed E-state index contributed by atoms with van der Waals surface area (Å²) in [6.07, 6.45) is 6.17. The molecule has 1 N–H and O–H groups in total. The largest absolute Gasteiger partial charge is 0.341 e. The lowest BCUT2D eigenvalue weighted by Gasteiger charge is -2.16. The Bertz CT molecular complexity index is 757. The van der Waals surface area contributed by atoms with Crippen molar-refractivity contribution < 1.29 is 4.79 Å². The lowest BCUT2D eigenvalue weighted by atomic mass is 10.2. The van der Waals surface area contributed by atoms with Crippen LogP contribution in [0, 0.1) is 0 Å². The van der Waals surface area contributed by atoms with Gasteiger partial charge in [-0.15, -0.1) is 15.3 Å². The fourth-order valence-corrected chi connectivity index (χ4v) is 2.99. The van der Waals surface area contributed by atoms with E-state index in [2.05, 4.69) is 25.1 Å². The van der Waals surface area contributed by atoms with E-state index in [0.717, 1.165) is 35.2 Å². The summed E-state index contributed by atoms with van der Waals surface area (Å²) < 4.78 is 5.62. The Balaban J connectivity index is 1.87. The lowest BCUT2D eigenvalue weighted by molar-refractivity contribution is 0.0937. The fraction of sp³-hybridized carbons (Fsp3) is 0.308. The molecule has 0 aliphatic carbocycles. The van der Waals surface area contributed by atoms with Crippen LogP contribution in [0.2, 0.25) is 0 Å². The van der Waals surface area contributed by atoms with E-state index in [9.17, 15) is 4.79 Å². The van der Waals surface area contributed by atoms with Crippen molar-refractivity contribution in [3.8, 4) is 0 Å². The van der Waals surface area contributed by atoms with Crippen molar-refractivity contribution in [2.75, 3.05) is 12.0 Å². The number of fused-ring (bicyclic) bond motifs is 1. The average molecular weight is 334 g/mol. The molecule has 7 nitrogen and oxygen atoms in total. The number of hydrogen-bond acceptors (Lipinski definition) is 7. The summed E-state index contributed by atoms with van der Waals surface area (Å²) in [5, 5.41) is 15.1. The van der Waals surface area contributed by atoms with Crippen molar-refractivity contribution in [1.82, 2.24) is 29.5 Å². The van der Waals surface area contributed by atoms with Crippen molar-refractivity contribution in [3.63, 3.8) is 0 Å². The van der Waals surface area contributed by atoms with E-state index in [4.69, 9.17) is 0 Å². The number of nitrogens with one attached hydrogen (secondary N) is 1. The molecule has 0 aliphatic heterocycles. The van der Waals surface area contributed by atoms with Crippen molar-refractivity contribution >= 4 is 34.8 Å². The molecule has 0 radical (unpaired) electrons. The highest BCUT2D eigenvalue weighted by atomic mass is 32.2. The van der Waals surface area contributed by atoms with Crippen LogP contribution >= 0.6 is 23.3 Å². The number of thioether (sulfide) groups is 1. The van der Waals surface area contributed by atoms with Gasteiger partial charge in [0.2, 0.25) is 0 Å². The first-order chi connectivity index (χ1) is 10.8. The van der Waals surface area contributed by atoms with Gasteiger partial charge in [-0.05, 0) is 42.1 Å². The first-order valence-corrected chi connectivity index (χ1v) is 8.83. The summed E-state index contributed by atoms with van der Waals surface area (Å²) in [7, 11) is 0. The Kier molecular flexibility index (Phi) is 4.64. The standard InChI is InChI=1S/C13H14N6OS2/c1-21-7-5-9(15-13(20)10-8-14-18-22-10)12-17-16-11-4-2-3-6-19(11)12/h2-4,6,8-9H,5,7H2,1H3,(H,15,20). The van der Waals surface area contributed by atoms with E-state index in [0.29, 0.717) is 4.88 Å². The van der Waals surface area contributed by atoms with Crippen molar-refractivity contribution in [1.29, 1.82) is 0 Å². The van der Waals surface area contributed by atoms with Crippen LogP contribution in [-0.2, 0) is 0 Å². The Labute approximate surface area is 135 Å². The molecule has 0 spiro atoms. The molecule has 0 saturated heterocycles. The molecule has 3 rings (SSSR count). The zero-order valence-electron chi connectivity index (χ0n) is 11.8. The summed E-state index contributed by atoms with van der Waals surface area (Å²) >= 11 is 2.80. The molecule has 0 aromatic carbocycles. The second kappa shape index (κ2) is 6.84. The zero-order chi connectivity index (χ0) is 15.4. The summed E-state index contributed by atoms with van der Waals surface area (Å²) in [6.45, 7) is 0. The van der Waals surface area contributed by atoms with Gasteiger partial charge in [-0.1, -0.05) is 10.6 Å². The van der Waals surface area contributed by atoms with Crippen LogP contribution in [-0.4, -0.2) is 42.1 Å². The SMILES string of the molecule is CSCCC(NC(=O)c1cnns1)c1nnc2ccccn12. The Hall–Kier alpha value is -2.00. The maximum absolute atomic E-state index is 12.3. The van der Waals surface area contributed by atoms with Gasteiger partial charge in [0, 0.05) is 6.20 Å². The molecule has 3 aromatic rings. The monoisotopic (exact) mass is 334 g/mol. The third-order valence-electron chi connectivity index (χ3n) is 3.15. The summed E-state index contributed by atoms with van der Waals surface area (Å²) in [6, 6.07) is 5.50. The van der Waals surface area contributed by atoms with Gasteiger partial charge in [-0.2, -0.15) is 11.8 Å². The van der Waals surface area contributed by atoms with Crippen LogP contribution in [0.5, 0.6) is 0 Å². The van der Waals surface area contributed by atoms with Gasteiger partial charge in [-0.25, -0.2) is 0 Å². The minimum atomic E-state index is -0.209. The first kappa shape index (κ1) is 14.9. The van der Waals surface area contributed by atoms with Gasteiger partial charge in [0.15, 0.2) is 11.5 Å². The summed E-state index contributed by atoms with van der Waals surface area (Å²) in [5.41, 5.74) is 0.764. The van der Waals surface area contributed by atoms with Gasteiger partial charge in [0.25, 0.3) is 5.91 Å². The minimum Gasteiger partial charge on any atom is -0.341 e. The molecule has 114 valence electrons. The molecule has 3 heterocycles. The van der Waals surface area contributed by atoms with Crippen LogP contribution in [0.1, 0.15) is 28.0 Å². The fourth-order valence-electron chi connectivity index (χ4n) is 2.10. The Morgan fingerprint density at radius 2 is 2.36 bits per heavy atom. The predicted octanol–water partition coefficient (Wildman–Crippen LogP) is 1.80. The molecule has 9 heteroatoms. The van der Waals surface area contributed by atoms with E-state index in [-0.39, 0.29) is 11.9 Å². The maximum atomic E-state index is 12.3. The summed E-state index contributed by atoms with van der Waals surface area (Å²) in [4.78, 5) is 12.8. The average Bonchev–Trinajstić information content (AvgIpc) is 3.20. The zero-order valence-corrected chi connectivity index (χ0v) is 13.5. The molecule has 0 fully saturated rings. The third-order valence-corrected chi connectivity index (χ3v) is 4.46. The van der Waals surface area contributed by atoms with Crippen LogP contribution in [0.15, 0.2) is 30.6 Å². The van der Waals surface area contributed by atoms with Crippen LogP contribution in [0.3, 0.4) is 0 Å². The molecule has 1 atom stereocenters. The molecular weight excluding hydrogens is 320 g/mol. The van der Waals surface area contributed by atoms with Gasteiger partial charge in [0.1, 0.15) is 4.88 Å². The number of rotatable bonds is 6. The molecule has 22 heavy (non-hydrogen) atoms. The van der Waals surface area contributed by atoms with Crippen molar-refractivity contribution in [2.45, 2.75) is 12.5 Å². The number of carbonyl (C=O) groups is 1. The van der Waals surface area contributed by atoms with Crippen molar-refractivity contribution in [3.05, 3.63) is 41.3 Å². The quantitative estimate of drug-likeness (QED) is 0.740.